The maximum absolute atomic E-state index is 14.3. The number of benzene rings is 2. The first-order valence-electron chi connectivity index (χ1n) is 11.6. The Morgan fingerprint density at radius 2 is 1.67 bits per heavy atom. The second-order valence-corrected chi connectivity index (χ2v) is 13.5. The van der Waals surface area contributed by atoms with Crippen LogP contribution in [0.1, 0.15) is 38.7 Å². The van der Waals surface area contributed by atoms with Crippen LogP contribution in [0.2, 0.25) is 0 Å². The van der Waals surface area contributed by atoms with E-state index in [-0.39, 0.29) is 23.4 Å². The predicted octanol–water partition coefficient (Wildman–Crippen LogP) is 4.41. The topological polar surface area (TPSA) is 78.0 Å². The Hall–Kier alpha value is -2.21. The molecule has 4 saturated heterocycles. The number of fused-ring (bicyclic) bond motifs is 6. The van der Waals surface area contributed by atoms with E-state index in [4.69, 9.17) is 20.6 Å². The zero-order valence-corrected chi connectivity index (χ0v) is 23.3. The summed E-state index contributed by atoms with van der Waals surface area (Å²) in [5.74, 6) is -0.0454. The van der Waals surface area contributed by atoms with Gasteiger partial charge < -0.3 is 9.80 Å². The monoisotopic (exact) mass is 559 g/mol. The van der Waals surface area contributed by atoms with Gasteiger partial charge in [0.05, 0.1) is 0 Å². The number of amides is 2. The summed E-state index contributed by atoms with van der Waals surface area (Å²) >= 11 is 7.73. The number of nitrogens with zero attached hydrogens (tertiary/aromatic N) is 3. The third-order valence-electron chi connectivity index (χ3n) is 7.79. The fraction of sp³-hybridized carbons (Fsp3) is 0.400. The van der Waals surface area contributed by atoms with Gasteiger partial charge in [-0.15, -0.1) is 0 Å². The first kappa shape index (κ1) is 25.4. The van der Waals surface area contributed by atoms with E-state index >= 15 is 0 Å². The number of hydrogen-bond donors (Lipinski definition) is 0. The molecule has 4 atom stereocenters. The summed E-state index contributed by atoms with van der Waals surface area (Å²) in [5, 5.41) is 0. The van der Waals surface area contributed by atoms with Crippen LogP contribution >= 0.6 is 35.7 Å². The minimum atomic E-state index is -1.04. The Labute approximate surface area is 227 Å². The largest absolute Gasteiger partial charge is 0.335 e. The first-order valence-corrected chi connectivity index (χ1v) is 14.3. The average Bonchev–Trinajstić information content (AvgIpc) is 3.24. The minimum absolute atomic E-state index is 0.0164. The van der Waals surface area contributed by atoms with Gasteiger partial charge in [0.1, 0.15) is 9.69 Å². The molecule has 5 aliphatic heterocycles. The maximum Gasteiger partial charge on any atom is 0.335 e. The molecule has 0 saturated carbocycles. The molecule has 5 heterocycles. The SMILES string of the molecule is CCCC12CC34SC(=S)S[C@](C)(C(=O)N3[C@H]1N(c1ccccc1)c1ccccc12)N(C)C4=O.O=S=O. The smallest absolute Gasteiger partial charge is 0.320 e. The summed E-state index contributed by atoms with van der Waals surface area (Å²) in [6.07, 6.45) is 2.12. The molecule has 188 valence electrons. The molecular weight excluding hydrogens is 535 g/mol. The second-order valence-electron chi connectivity index (χ2n) is 9.51. The van der Waals surface area contributed by atoms with Crippen molar-refractivity contribution >= 4 is 74.0 Å². The van der Waals surface area contributed by atoms with Gasteiger partial charge >= 0.3 is 11.6 Å². The Morgan fingerprint density at radius 1 is 1.03 bits per heavy atom. The van der Waals surface area contributed by atoms with Crippen LogP contribution in [-0.4, -0.2) is 56.5 Å². The summed E-state index contributed by atoms with van der Waals surface area (Å²) in [7, 11) is 1.75. The Bertz CT molecular complexity index is 1300. The quantitative estimate of drug-likeness (QED) is 0.512. The van der Waals surface area contributed by atoms with Crippen LogP contribution in [0.5, 0.6) is 0 Å². The Kier molecular flexibility index (Phi) is 6.34. The van der Waals surface area contributed by atoms with E-state index in [0.29, 0.717) is 9.95 Å². The van der Waals surface area contributed by atoms with Gasteiger partial charge in [-0.1, -0.05) is 85.5 Å². The molecule has 2 amide bonds. The summed E-state index contributed by atoms with van der Waals surface area (Å²) in [5.41, 5.74) is 3.02. The lowest BCUT2D eigenvalue weighted by molar-refractivity contribution is -0.163. The molecular formula is C25H25N3O4S4. The average molecular weight is 560 g/mol. The number of carbonyl (C=O) groups is 2. The van der Waals surface area contributed by atoms with Crippen LogP contribution in [0.3, 0.4) is 0 Å². The number of likely N-dealkylation sites (N-methyl/N-ethyl adjacent to an activating group) is 1. The highest BCUT2D eigenvalue weighted by Crippen LogP contribution is 2.67. The van der Waals surface area contributed by atoms with Crippen molar-refractivity contribution in [2.45, 2.75) is 54.4 Å². The molecule has 11 heteroatoms. The fourth-order valence-electron chi connectivity index (χ4n) is 6.39. The predicted molar refractivity (Wildman–Crippen MR) is 147 cm³/mol. The third-order valence-corrected chi connectivity index (χ3v) is 10.8. The molecule has 0 aromatic heterocycles. The van der Waals surface area contributed by atoms with Gasteiger partial charge in [-0.2, -0.15) is 8.42 Å². The van der Waals surface area contributed by atoms with Gasteiger partial charge in [0.2, 0.25) is 0 Å². The van der Waals surface area contributed by atoms with Crippen molar-refractivity contribution in [3.05, 3.63) is 60.2 Å². The van der Waals surface area contributed by atoms with Gasteiger partial charge in [0, 0.05) is 30.3 Å². The van der Waals surface area contributed by atoms with Crippen molar-refractivity contribution in [2.75, 3.05) is 11.9 Å². The molecule has 5 aliphatic rings. The van der Waals surface area contributed by atoms with E-state index < -0.39 is 21.3 Å². The van der Waals surface area contributed by atoms with Crippen molar-refractivity contribution in [1.82, 2.24) is 9.80 Å². The van der Waals surface area contributed by atoms with Crippen molar-refractivity contribution in [3.8, 4) is 0 Å². The number of piperazine rings is 1. The molecule has 2 aromatic rings. The number of hydrogen-bond acceptors (Lipinski definition) is 8. The summed E-state index contributed by atoms with van der Waals surface area (Å²) in [6, 6.07) is 18.7. The number of para-hydroxylation sites is 2. The summed E-state index contributed by atoms with van der Waals surface area (Å²) in [6.45, 7) is 4.03. The van der Waals surface area contributed by atoms with Crippen molar-refractivity contribution in [1.29, 1.82) is 0 Å². The lowest BCUT2D eigenvalue weighted by atomic mass is 9.74. The summed E-state index contributed by atoms with van der Waals surface area (Å²) < 4.78 is 17.2. The van der Waals surface area contributed by atoms with E-state index in [0.717, 1.165) is 24.2 Å². The number of carbonyl (C=O) groups excluding carboxylic acids is 2. The lowest BCUT2D eigenvalue weighted by Gasteiger charge is -2.51. The van der Waals surface area contributed by atoms with Gasteiger partial charge in [-0.25, -0.2) is 0 Å². The van der Waals surface area contributed by atoms with Crippen molar-refractivity contribution < 1.29 is 18.0 Å². The molecule has 0 N–H and O–H groups in total. The van der Waals surface area contributed by atoms with E-state index in [1.165, 1.54) is 29.1 Å². The molecule has 7 nitrogen and oxygen atoms in total. The maximum atomic E-state index is 14.3. The van der Waals surface area contributed by atoms with Crippen molar-refractivity contribution in [3.63, 3.8) is 0 Å². The van der Waals surface area contributed by atoms with Crippen LogP contribution in [0, 0.1) is 0 Å². The van der Waals surface area contributed by atoms with Crippen LogP contribution < -0.4 is 4.90 Å². The molecule has 2 bridgehead atoms. The van der Waals surface area contributed by atoms with Gasteiger partial charge in [-0.3, -0.25) is 14.5 Å². The van der Waals surface area contributed by atoms with Crippen LogP contribution in [-0.2, 0) is 26.6 Å². The molecule has 4 fully saturated rings. The first-order chi connectivity index (χ1) is 17.2. The zero-order chi connectivity index (χ0) is 25.9. The second kappa shape index (κ2) is 8.97. The molecule has 7 rings (SSSR count). The number of rotatable bonds is 3. The Morgan fingerprint density at radius 3 is 2.33 bits per heavy atom. The van der Waals surface area contributed by atoms with Gasteiger partial charge in [-0.05, 0) is 37.1 Å². The lowest BCUT2D eigenvalue weighted by Crippen LogP contribution is -2.72. The normalized spacial score (nSPS) is 31.9. The molecule has 2 aromatic carbocycles. The fourth-order valence-corrected chi connectivity index (χ4v) is 10.2. The molecule has 36 heavy (non-hydrogen) atoms. The van der Waals surface area contributed by atoms with E-state index in [2.05, 4.69) is 48.2 Å². The van der Waals surface area contributed by atoms with Crippen LogP contribution in [0.4, 0.5) is 11.4 Å². The molecule has 0 aliphatic carbocycles. The van der Waals surface area contributed by atoms with E-state index in [1.54, 1.807) is 11.9 Å². The van der Waals surface area contributed by atoms with E-state index in [9.17, 15) is 9.59 Å². The van der Waals surface area contributed by atoms with Gasteiger partial charge in [0.25, 0.3) is 11.8 Å². The molecule has 2 unspecified atom stereocenters. The van der Waals surface area contributed by atoms with Gasteiger partial charge in [0.15, 0.2) is 9.74 Å². The number of thiocarbonyl (C=S) groups is 1. The minimum Gasteiger partial charge on any atom is -0.320 e. The van der Waals surface area contributed by atoms with Crippen molar-refractivity contribution in [2.24, 2.45) is 0 Å². The summed E-state index contributed by atoms with van der Waals surface area (Å²) in [4.78, 5) is 32.2. The molecule has 0 radical (unpaired) electrons. The Balaban J connectivity index is 0.000000848. The molecule has 1 spiro atoms. The third kappa shape index (κ3) is 3.22. The van der Waals surface area contributed by atoms with Crippen LogP contribution in [0.15, 0.2) is 54.6 Å². The highest BCUT2D eigenvalue weighted by Gasteiger charge is 2.76. The number of thioether (sulfide) groups is 2. The number of anilines is 2. The standard InChI is InChI=1S/C25H25N3O2S3.O2S/c1-4-14-24-15-25-21(30)26(3)23(2,32-22(31)33-25)20(29)28(25)19(24)27(16-10-6-5-7-11-16)18-13-9-8-12-17(18)24;1-3-2/h5-13,19H,4,14-15H2,1-3H3;/t19-,23-,24?,25?;/m1./s1. The van der Waals surface area contributed by atoms with E-state index in [1.807, 2.05) is 30.0 Å². The zero-order valence-electron chi connectivity index (χ0n) is 20.0. The highest BCUT2D eigenvalue weighted by atomic mass is 32.2. The highest BCUT2D eigenvalue weighted by molar-refractivity contribution is 8.48. The van der Waals surface area contributed by atoms with Crippen LogP contribution in [0.25, 0.3) is 0 Å².